The number of allylic oxidation sites excluding steroid dienone is 2. The van der Waals surface area contributed by atoms with E-state index in [1.807, 2.05) is 19.9 Å². The lowest BCUT2D eigenvalue weighted by Crippen LogP contribution is -2.58. The van der Waals surface area contributed by atoms with Crippen LogP contribution in [0.2, 0.25) is 0 Å². The zero-order valence-electron chi connectivity index (χ0n) is 20.7. The molecule has 1 aromatic carbocycles. The summed E-state index contributed by atoms with van der Waals surface area (Å²) in [5.74, 6) is -0.282. The molecule has 0 unspecified atom stereocenters. The Morgan fingerprint density at radius 3 is 2.59 bits per heavy atom. The molecule has 1 aromatic rings. The Bertz CT molecular complexity index is 935. The van der Waals surface area contributed by atoms with Crippen LogP contribution in [0.4, 0.5) is 0 Å². The maximum Gasteiger partial charge on any atom is 0.331 e. The lowest BCUT2D eigenvalue weighted by Gasteiger charge is -2.38. The Kier molecular flexibility index (Phi) is 9.30. The number of amides is 1. The first-order chi connectivity index (χ1) is 16.4. The number of methoxy groups -OCH3 is 1. The van der Waals surface area contributed by atoms with Crippen LogP contribution in [0.5, 0.6) is 5.75 Å². The fraction of sp³-hybridized carbons (Fsp3) is 0.556. The van der Waals surface area contributed by atoms with Crippen LogP contribution in [-0.2, 0) is 20.9 Å². The lowest BCUT2D eigenvalue weighted by molar-refractivity contribution is -0.133. The van der Waals surface area contributed by atoms with Crippen molar-refractivity contribution in [3.8, 4) is 5.75 Å². The van der Waals surface area contributed by atoms with Crippen LogP contribution in [0.1, 0.15) is 70.4 Å². The fourth-order valence-electron chi connectivity index (χ4n) is 4.84. The van der Waals surface area contributed by atoms with Gasteiger partial charge >= 0.3 is 5.97 Å². The van der Waals surface area contributed by atoms with Gasteiger partial charge in [-0.25, -0.2) is 4.79 Å². The first-order valence-electron chi connectivity index (χ1n) is 12.3. The average molecular weight is 471 g/mol. The average Bonchev–Trinajstić information content (AvgIpc) is 3.36. The van der Waals surface area contributed by atoms with E-state index in [0.29, 0.717) is 18.5 Å². The lowest BCUT2D eigenvalue weighted by atomic mass is 9.87. The molecule has 7 heteroatoms. The Morgan fingerprint density at radius 2 is 2.00 bits per heavy atom. The molecule has 3 atom stereocenters. The van der Waals surface area contributed by atoms with Crippen molar-refractivity contribution in [3.05, 3.63) is 47.1 Å². The first kappa shape index (κ1) is 26.0. The van der Waals surface area contributed by atoms with E-state index < -0.39 is 12.1 Å². The molecule has 0 saturated heterocycles. The molecule has 0 heterocycles. The highest BCUT2D eigenvalue weighted by Gasteiger charge is 2.37. The summed E-state index contributed by atoms with van der Waals surface area (Å²) in [6.07, 6.45) is 8.68. The minimum absolute atomic E-state index is 0.00648. The van der Waals surface area contributed by atoms with Gasteiger partial charge in [0.15, 0.2) is 0 Å². The van der Waals surface area contributed by atoms with E-state index in [1.54, 1.807) is 13.2 Å². The van der Waals surface area contributed by atoms with E-state index >= 15 is 0 Å². The molecule has 34 heavy (non-hydrogen) atoms. The third-order valence-electron chi connectivity index (χ3n) is 6.72. The normalized spacial score (nSPS) is 22.3. The molecule has 3 N–H and O–H groups in total. The highest BCUT2D eigenvalue weighted by Crippen LogP contribution is 2.34. The second-order valence-electron chi connectivity index (χ2n) is 9.11. The highest BCUT2D eigenvalue weighted by molar-refractivity contribution is 5.87. The Labute approximate surface area is 202 Å². The van der Waals surface area contributed by atoms with Gasteiger partial charge < -0.3 is 25.2 Å². The minimum atomic E-state index is -0.956. The van der Waals surface area contributed by atoms with Gasteiger partial charge in [-0.3, -0.25) is 4.79 Å². The summed E-state index contributed by atoms with van der Waals surface area (Å²) < 4.78 is 11.9. The molecular weight excluding hydrogens is 432 g/mol. The zero-order chi connectivity index (χ0) is 24.7. The molecule has 2 aliphatic rings. The topological polar surface area (TPSA) is 96.9 Å². The first-order valence-corrected chi connectivity index (χ1v) is 12.3. The number of carbonyl (C=O) groups excluding carboxylic acids is 1. The number of carboxylic acid groups (broad SMARTS) is 1. The molecule has 0 bridgehead atoms. The number of aliphatic carboxylic acids is 1. The van der Waals surface area contributed by atoms with Gasteiger partial charge in [-0.15, -0.1) is 0 Å². The number of hydrogen-bond acceptors (Lipinski definition) is 5. The summed E-state index contributed by atoms with van der Waals surface area (Å²) in [5.41, 5.74) is 3.79. The predicted molar refractivity (Wildman–Crippen MR) is 133 cm³/mol. The van der Waals surface area contributed by atoms with Gasteiger partial charge in [0.2, 0.25) is 5.91 Å². The number of rotatable bonds is 11. The van der Waals surface area contributed by atoms with Crippen LogP contribution >= 0.6 is 0 Å². The van der Waals surface area contributed by atoms with E-state index in [1.165, 1.54) is 18.9 Å². The van der Waals surface area contributed by atoms with Crippen LogP contribution < -0.4 is 15.4 Å². The smallest absolute Gasteiger partial charge is 0.331 e. The maximum atomic E-state index is 12.0. The summed E-state index contributed by atoms with van der Waals surface area (Å²) in [7, 11) is 1.68. The molecule has 2 aliphatic carbocycles. The van der Waals surface area contributed by atoms with Gasteiger partial charge in [-0.05, 0) is 61.8 Å². The number of nitrogens with one attached hydrogen (secondary N) is 2. The van der Waals surface area contributed by atoms with Gasteiger partial charge in [-0.1, -0.05) is 32.1 Å². The van der Waals surface area contributed by atoms with Crippen molar-refractivity contribution in [2.75, 3.05) is 7.11 Å². The van der Waals surface area contributed by atoms with Gasteiger partial charge in [0.1, 0.15) is 5.75 Å². The zero-order valence-corrected chi connectivity index (χ0v) is 20.7. The van der Waals surface area contributed by atoms with Crippen molar-refractivity contribution in [2.45, 2.75) is 90.1 Å². The van der Waals surface area contributed by atoms with Crippen molar-refractivity contribution < 1.29 is 24.2 Å². The van der Waals surface area contributed by atoms with Gasteiger partial charge in [0, 0.05) is 30.6 Å². The molecule has 0 aliphatic heterocycles. The van der Waals surface area contributed by atoms with E-state index in [9.17, 15) is 14.7 Å². The quantitative estimate of drug-likeness (QED) is 0.448. The molecule has 0 radical (unpaired) electrons. The molecule has 7 nitrogen and oxygen atoms in total. The maximum absolute atomic E-state index is 12.0. The molecule has 0 spiro atoms. The summed E-state index contributed by atoms with van der Waals surface area (Å²) in [6, 6.07) is 5.55. The Morgan fingerprint density at radius 1 is 1.24 bits per heavy atom. The summed E-state index contributed by atoms with van der Waals surface area (Å²) in [5, 5.41) is 16.2. The van der Waals surface area contributed by atoms with Crippen LogP contribution in [0, 0.1) is 0 Å². The number of carbonyl (C=O) groups is 2. The number of ether oxygens (including phenoxy) is 2. The SMILES string of the molecule is CCC(CC)O[C@@H]1C=C(C(=O)O)C[C@H](NCc2ccc(C3=CCCC3)c(OC)c2)[C@H]1NC(C)=O. The van der Waals surface area contributed by atoms with Crippen molar-refractivity contribution in [1.82, 2.24) is 10.6 Å². The van der Waals surface area contributed by atoms with Gasteiger partial charge in [0.05, 0.1) is 25.4 Å². The molecule has 0 saturated carbocycles. The van der Waals surface area contributed by atoms with Crippen molar-refractivity contribution >= 4 is 17.4 Å². The monoisotopic (exact) mass is 470 g/mol. The van der Waals surface area contributed by atoms with E-state index in [4.69, 9.17) is 9.47 Å². The van der Waals surface area contributed by atoms with E-state index in [2.05, 4.69) is 28.8 Å². The van der Waals surface area contributed by atoms with Gasteiger partial charge in [-0.2, -0.15) is 0 Å². The largest absolute Gasteiger partial charge is 0.496 e. The van der Waals surface area contributed by atoms with Gasteiger partial charge in [0.25, 0.3) is 0 Å². The second-order valence-corrected chi connectivity index (χ2v) is 9.11. The summed E-state index contributed by atoms with van der Waals surface area (Å²) in [6.45, 7) is 6.07. The standard InChI is InChI=1S/C27H38N2O5/c1-5-21(6-2)34-25-15-20(27(31)32)14-23(26(25)29-17(3)30)28-16-18-11-12-22(24(13-18)33-4)19-9-7-8-10-19/h9,11-13,15,21,23,25-26,28H,5-8,10,14,16H2,1-4H3,(H,29,30)(H,31,32)/t23-,25+,26+/m0/s1. The number of hydrogen-bond donors (Lipinski definition) is 3. The van der Waals surface area contributed by atoms with Crippen molar-refractivity contribution in [3.63, 3.8) is 0 Å². The second kappa shape index (κ2) is 12.2. The van der Waals surface area contributed by atoms with Crippen LogP contribution in [0.25, 0.3) is 5.57 Å². The predicted octanol–water partition coefficient (Wildman–Crippen LogP) is 4.21. The van der Waals surface area contributed by atoms with Crippen LogP contribution in [-0.4, -0.2) is 48.4 Å². The fourth-order valence-corrected chi connectivity index (χ4v) is 4.84. The van der Waals surface area contributed by atoms with Crippen molar-refractivity contribution in [1.29, 1.82) is 0 Å². The number of carboxylic acids is 1. The van der Waals surface area contributed by atoms with Crippen LogP contribution in [0.15, 0.2) is 35.9 Å². The molecule has 0 aromatic heterocycles. The molecule has 3 rings (SSSR count). The van der Waals surface area contributed by atoms with Crippen LogP contribution in [0.3, 0.4) is 0 Å². The minimum Gasteiger partial charge on any atom is -0.496 e. The summed E-state index contributed by atoms with van der Waals surface area (Å²) in [4.78, 5) is 23.9. The summed E-state index contributed by atoms with van der Waals surface area (Å²) >= 11 is 0. The third kappa shape index (κ3) is 6.48. The molecular formula is C27H38N2O5. The number of benzene rings is 1. The van der Waals surface area contributed by atoms with E-state index in [0.717, 1.165) is 42.6 Å². The highest BCUT2D eigenvalue weighted by atomic mass is 16.5. The third-order valence-corrected chi connectivity index (χ3v) is 6.72. The van der Waals surface area contributed by atoms with Crippen molar-refractivity contribution in [2.24, 2.45) is 0 Å². The Hall–Kier alpha value is -2.64. The molecule has 0 fully saturated rings. The Balaban J connectivity index is 1.81. The molecule has 1 amide bonds. The molecule has 186 valence electrons. The van der Waals surface area contributed by atoms with E-state index in [-0.39, 0.29) is 24.1 Å².